The van der Waals surface area contributed by atoms with Gasteiger partial charge < -0.3 is 5.32 Å². The van der Waals surface area contributed by atoms with Crippen molar-refractivity contribution in [3.8, 4) is 0 Å². The van der Waals surface area contributed by atoms with Crippen molar-refractivity contribution in [2.45, 2.75) is 46.9 Å². The molecule has 0 aliphatic heterocycles. The number of thiophene rings is 1. The zero-order chi connectivity index (χ0) is 19.9. The first kappa shape index (κ1) is 21.2. The number of amides is 2. The Balaban J connectivity index is 2.58. The maximum absolute atomic E-state index is 12.5. The normalized spacial score (nSPS) is 12.3. The topological polar surface area (TPSA) is 84.0 Å². The van der Waals surface area contributed by atoms with E-state index in [2.05, 4.69) is 52.5 Å². The average molecular weight is 506 g/mol. The molecule has 0 fully saturated rings. The van der Waals surface area contributed by atoms with Crippen molar-refractivity contribution in [2.24, 2.45) is 10.8 Å². The molecule has 0 spiro atoms. The van der Waals surface area contributed by atoms with Gasteiger partial charge in [0.25, 0.3) is 0 Å². The number of fused-ring (bicyclic) bond motifs is 1. The van der Waals surface area contributed by atoms with Crippen LogP contribution in [0.5, 0.6) is 0 Å². The molecule has 2 heterocycles. The molecule has 2 aromatic heterocycles. The minimum absolute atomic E-state index is 0.159. The number of hydrogen-bond donors (Lipinski definition) is 2. The van der Waals surface area contributed by atoms with E-state index < -0.39 is 10.8 Å². The average Bonchev–Trinajstić information content (AvgIpc) is 2.80. The van der Waals surface area contributed by atoms with Crippen LogP contribution in [0.25, 0.3) is 10.2 Å². The maximum atomic E-state index is 12.5. The third kappa shape index (κ3) is 4.61. The van der Waals surface area contributed by atoms with E-state index in [1.54, 1.807) is 0 Å². The largest absolute Gasteiger partial charge is 0.310 e. The highest BCUT2D eigenvalue weighted by molar-refractivity contribution is 9.11. The second-order valence-corrected chi connectivity index (χ2v) is 10.8. The summed E-state index contributed by atoms with van der Waals surface area (Å²) in [7, 11) is 0. The quantitative estimate of drug-likeness (QED) is 0.553. The third-order valence-corrected chi connectivity index (χ3v) is 5.99. The van der Waals surface area contributed by atoms with Gasteiger partial charge in [-0.05, 0) is 15.9 Å². The Hall–Kier alpha value is -1.06. The third-order valence-electron chi connectivity index (χ3n) is 3.55. The Bertz CT molecular complexity index is 866. The molecule has 26 heavy (non-hydrogen) atoms. The summed E-state index contributed by atoms with van der Waals surface area (Å²) in [6.45, 7) is 10.9. The van der Waals surface area contributed by atoms with E-state index in [4.69, 9.17) is 0 Å². The van der Waals surface area contributed by atoms with E-state index in [1.165, 1.54) is 11.3 Å². The Morgan fingerprint density at radius 3 is 2.04 bits per heavy atom. The summed E-state index contributed by atoms with van der Waals surface area (Å²) in [5.74, 6) is 0.224. The zero-order valence-electron chi connectivity index (χ0n) is 15.6. The molecule has 0 bridgehead atoms. The monoisotopic (exact) mass is 504 g/mol. The Labute approximate surface area is 173 Å². The molecule has 9 heteroatoms. The van der Waals surface area contributed by atoms with E-state index in [1.807, 2.05) is 41.5 Å². The van der Waals surface area contributed by atoms with Gasteiger partial charge in [0, 0.05) is 21.7 Å². The highest BCUT2D eigenvalue weighted by Crippen LogP contribution is 2.40. The van der Waals surface area contributed by atoms with Crippen molar-refractivity contribution >= 4 is 77.0 Å². The number of aromatic nitrogens is 2. The number of rotatable bonds is 3. The summed E-state index contributed by atoms with van der Waals surface area (Å²) < 4.78 is 0.907. The molecule has 6 nitrogen and oxygen atoms in total. The van der Waals surface area contributed by atoms with Gasteiger partial charge in [-0.25, -0.2) is 4.98 Å². The van der Waals surface area contributed by atoms with Crippen LogP contribution < -0.4 is 10.6 Å². The van der Waals surface area contributed by atoms with Gasteiger partial charge in [0.1, 0.15) is 10.6 Å². The lowest BCUT2D eigenvalue weighted by atomic mass is 9.95. The molecule has 142 valence electrons. The molecule has 2 amide bonds. The van der Waals surface area contributed by atoms with Gasteiger partial charge in [0.15, 0.2) is 0 Å². The van der Waals surface area contributed by atoms with Gasteiger partial charge >= 0.3 is 0 Å². The van der Waals surface area contributed by atoms with E-state index in [0.717, 1.165) is 14.7 Å². The van der Waals surface area contributed by atoms with Crippen molar-refractivity contribution < 1.29 is 9.59 Å². The SMILES string of the molecule is CC(C)(C)C(=O)Nc1nc(NC(=O)C(C)(C)C)c2c(CBr)c(Br)sc2n1. The highest BCUT2D eigenvalue weighted by Gasteiger charge is 2.26. The first-order chi connectivity index (χ1) is 11.8. The molecular formula is C17H22Br2N4O2S. The Kier molecular flexibility index (Phi) is 6.14. The number of nitrogens with zero attached hydrogens (tertiary/aromatic N) is 2. The summed E-state index contributed by atoms with van der Waals surface area (Å²) in [5, 5.41) is 6.98. The van der Waals surface area contributed by atoms with Crippen molar-refractivity contribution in [1.82, 2.24) is 9.97 Å². The molecule has 0 radical (unpaired) electrons. The maximum Gasteiger partial charge on any atom is 0.232 e. The fraction of sp³-hybridized carbons (Fsp3) is 0.529. The lowest BCUT2D eigenvalue weighted by molar-refractivity contribution is -0.123. The summed E-state index contributed by atoms with van der Waals surface area (Å²) in [6, 6.07) is 0. The molecule has 0 saturated heterocycles. The summed E-state index contributed by atoms with van der Waals surface area (Å²) in [6.07, 6.45) is 0. The predicted octanol–water partition coefficient (Wildman–Crippen LogP) is 5.32. The minimum Gasteiger partial charge on any atom is -0.310 e. The van der Waals surface area contributed by atoms with Crippen LogP contribution in [0.4, 0.5) is 11.8 Å². The molecule has 2 rings (SSSR count). The number of halogens is 2. The number of hydrogen-bond acceptors (Lipinski definition) is 5. The van der Waals surface area contributed by atoms with Gasteiger partial charge in [-0.1, -0.05) is 57.5 Å². The van der Waals surface area contributed by atoms with Gasteiger partial charge in [0.05, 0.1) is 9.17 Å². The molecule has 0 aliphatic carbocycles. The predicted molar refractivity (Wildman–Crippen MR) is 114 cm³/mol. The van der Waals surface area contributed by atoms with Crippen LogP contribution in [0.15, 0.2) is 3.79 Å². The van der Waals surface area contributed by atoms with E-state index in [-0.39, 0.29) is 17.8 Å². The Morgan fingerprint density at radius 1 is 1.00 bits per heavy atom. The van der Waals surface area contributed by atoms with Crippen LogP contribution >= 0.6 is 43.2 Å². The molecule has 0 aromatic carbocycles. The van der Waals surface area contributed by atoms with E-state index in [0.29, 0.717) is 16.0 Å². The standard InChI is InChI=1S/C17H22Br2N4O2S/c1-16(2,3)13(24)20-11-9-8(7-18)10(19)26-12(9)22-15(21-11)23-14(25)17(4,5)6/h7H2,1-6H3,(H2,20,21,22,23,24,25). The van der Waals surface area contributed by atoms with Crippen molar-refractivity contribution in [1.29, 1.82) is 0 Å². The lowest BCUT2D eigenvalue weighted by Crippen LogP contribution is -2.30. The first-order valence-electron chi connectivity index (χ1n) is 8.02. The molecule has 2 aromatic rings. The molecule has 0 atom stereocenters. The molecule has 0 saturated carbocycles. The van der Waals surface area contributed by atoms with Gasteiger partial charge in [-0.3, -0.25) is 14.9 Å². The van der Waals surface area contributed by atoms with Crippen LogP contribution in [-0.4, -0.2) is 21.8 Å². The van der Waals surface area contributed by atoms with Crippen LogP contribution in [0, 0.1) is 10.8 Å². The van der Waals surface area contributed by atoms with Gasteiger partial charge in [-0.15, -0.1) is 11.3 Å². The highest BCUT2D eigenvalue weighted by atomic mass is 79.9. The van der Waals surface area contributed by atoms with E-state index >= 15 is 0 Å². The fourth-order valence-corrected chi connectivity index (χ4v) is 4.72. The van der Waals surface area contributed by atoms with Crippen LogP contribution in [-0.2, 0) is 14.9 Å². The summed E-state index contributed by atoms with van der Waals surface area (Å²) >= 11 is 8.44. The first-order valence-corrected chi connectivity index (χ1v) is 10.8. The molecule has 0 aliphatic rings. The van der Waals surface area contributed by atoms with Crippen LogP contribution in [0.3, 0.4) is 0 Å². The van der Waals surface area contributed by atoms with Crippen LogP contribution in [0.1, 0.15) is 47.1 Å². The number of carbonyl (C=O) groups is 2. The van der Waals surface area contributed by atoms with E-state index in [9.17, 15) is 9.59 Å². The van der Waals surface area contributed by atoms with Crippen molar-refractivity contribution in [3.05, 3.63) is 9.35 Å². The lowest BCUT2D eigenvalue weighted by Gasteiger charge is -2.19. The smallest absolute Gasteiger partial charge is 0.232 e. The fourth-order valence-electron chi connectivity index (χ4n) is 1.88. The van der Waals surface area contributed by atoms with Gasteiger partial charge in [-0.2, -0.15) is 4.98 Å². The van der Waals surface area contributed by atoms with Gasteiger partial charge in [0.2, 0.25) is 17.8 Å². The molecule has 0 unspecified atom stereocenters. The van der Waals surface area contributed by atoms with Crippen molar-refractivity contribution in [2.75, 3.05) is 10.6 Å². The second-order valence-electron chi connectivity index (χ2n) is 7.97. The number of anilines is 2. The molecule has 2 N–H and O–H groups in total. The van der Waals surface area contributed by atoms with Crippen molar-refractivity contribution in [3.63, 3.8) is 0 Å². The summed E-state index contributed by atoms with van der Waals surface area (Å²) in [4.78, 5) is 34.4. The van der Waals surface area contributed by atoms with Crippen LogP contribution in [0.2, 0.25) is 0 Å². The second kappa shape index (κ2) is 7.52. The molecular weight excluding hydrogens is 484 g/mol. The minimum atomic E-state index is -0.579. The zero-order valence-corrected chi connectivity index (χ0v) is 19.6. The Morgan fingerprint density at radius 2 is 1.54 bits per heavy atom. The number of alkyl halides is 1. The number of nitrogens with one attached hydrogen (secondary N) is 2. The summed E-state index contributed by atoms with van der Waals surface area (Å²) in [5.41, 5.74) is -0.194. The number of carbonyl (C=O) groups excluding carboxylic acids is 2.